The van der Waals surface area contributed by atoms with Crippen LogP contribution in [-0.2, 0) is 17.4 Å². The summed E-state index contributed by atoms with van der Waals surface area (Å²) in [6.07, 6.45) is 2.79. The molecule has 3 rings (SSSR count). The molecular weight excluding hydrogens is 280 g/mol. The van der Waals surface area contributed by atoms with E-state index in [0.29, 0.717) is 0 Å². The van der Waals surface area contributed by atoms with E-state index < -0.39 is 17.0 Å². The molecule has 1 aromatic carbocycles. The van der Waals surface area contributed by atoms with E-state index >= 15 is 0 Å². The monoisotopic (exact) mass is 307 g/mol. The van der Waals surface area contributed by atoms with Crippen molar-refractivity contribution in [2.24, 2.45) is 5.41 Å². The van der Waals surface area contributed by atoms with Crippen molar-refractivity contribution in [3.63, 3.8) is 0 Å². The Labute approximate surface area is 131 Å². The Morgan fingerprint density at radius 1 is 1.33 bits per heavy atom. The van der Waals surface area contributed by atoms with Gasteiger partial charge in [-0.05, 0) is 69.7 Å². The van der Waals surface area contributed by atoms with Gasteiger partial charge in [-0.15, -0.1) is 0 Å². The topological polar surface area (TPSA) is 41.1 Å². The van der Waals surface area contributed by atoms with Crippen molar-refractivity contribution in [2.45, 2.75) is 50.8 Å². The van der Waals surface area contributed by atoms with Crippen molar-refractivity contribution in [3.05, 3.63) is 35.4 Å². The normalized spacial score (nSPS) is 30.0. The predicted octanol–water partition coefficient (Wildman–Crippen LogP) is 2.71. The highest BCUT2D eigenvalue weighted by Crippen LogP contribution is 2.51. The maximum Gasteiger partial charge on any atom is 0.0976 e. The minimum absolute atomic E-state index is 0.164. The van der Waals surface area contributed by atoms with E-state index in [9.17, 15) is 5.58 Å². The van der Waals surface area contributed by atoms with E-state index in [4.69, 9.17) is 0 Å². The number of piperidine rings is 1. The van der Waals surface area contributed by atoms with Gasteiger partial charge in [-0.25, -0.2) is 8.93 Å². The van der Waals surface area contributed by atoms with Crippen molar-refractivity contribution in [1.82, 2.24) is 10.0 Å². The number of rotatable bonds is 2. The molecule has 0 saturated carbocycles. The molecule has 0 bridgehead atoms. The third-order valence-corrected chi connectivity index (χ3v) is 6.16. The van der Waals surface area contributed by atoms with Gasteiger partial charge in [-0.3, -0.25) is 0 Å². The van der Waals surface area contributed by atoms with Gasteiger partial charge in [-0.1, -0.05) is 24.3 Å². The van der Waals surface area contributed by atoms with Gasteiger partial charge < -0.3 is 5.32 Å². The fraction of sp³-hybridized carbons (Fsp3) is 0.647. The summed E-state index contributed by atoms with van der Waals surface area (Å²) in [5, 5.41) is 3.40. The Hall–Kier alpha value is -0.710. The Kier molecular flexibility index (Phi) is 3.64. The van der Waals surface area contributed by atoms with Gasteiger partial charge in [0, 0.05) is 0 Å². The minimum atomic E-state index is -1.26. The molecule has 1 heterocycles. The van der Waals surface area contributed by atoms with Crippen LogP contribution < -0.4 is 10.0 Å². The van der Waals surface area contributed by atoms with Crippen molar-refractivity contribution in [1.29, 1.82) is 0 Å². The standard InChI is InChI=1S/C17H26N2OS/c1-16(2,3)21(20)19-15-14-7-5-4-6-13(14)12-17(15)8-10-18-11-9-17/h4-7,15,18-19H,8-12H2,1-3H3/t15-,21-/m1/s1/i15D. The largest absolute Gasteiger partial charge is 0.317 e. The number of hydrogen-bond acceptors (Lipinski definition) is 2. The van der Waals surface area contributed by atoms with Crippen LogP contribution in [0.3, 0.4) is 0 Å². The maximum absolute atomic E-state index is 12.7. The van der Waals surface area contributed by atoms with Crippen LogP contribution in [0.15, 0.2) is 24.3 Å². The van der Waals surface area contributed by atoms with E-state index in [0.717, 1.165) is 37.9 Å². The summed E-state index contributed by atoms with van der Waals surface area (Å²) < 4.78 is 24.9. The number of nitrogens with one attached hydrogen (secondary N) is 2. The minimum Gasteiger partial charge on any atom is -0.317 e. The van der Waals surface area contributed by atoms with Gasteiger partial charge in [0.05, 0.1) is 23.1 Å². The molecule has 0 radical (unpaired) electrons. The summed E-state index contributed by atoms with van der Waals surface area (Å²) in [5.74, 6) is 0. The average molecular weight is 307 g/mol. The Bertz CT molecular complexity index is 593. The Balaban J connectivity index is 2.04. The molecule has 1 saturated heterocycles. The predicted molar refractivity (Wildman–Crippen MR) is 88.5 cm³/mol. The first-order valence-corrected chi connectivity index (χ1v) is 8.92. The molecule has 0 unspecified atom stereocenters. The summed E-state index contributed by atoms with van der Waals surface area (Å²) in [4.78, 5) is 0. The number of hydrogen-bond donors (Lipinski definition) is 2. The maximum atomic E-state index is 12.7. The van der Waals surface area contributed by atoms with Crippen molar-refractivity contribution in [2.75, 3.05) is 13.1 Å². The lowest BCUT2D eigenvalue weighted by atomic mass is 9.73. The fourth-order valence-electron chi connectivity index (χ4n) is 3.40. The lowest BCUT2D eigenvalue weighted by molar-refractivity contribution is 0.165. The molecule has 1 aliphatic heterocycles. The van der Waals surface area contributed by atoms with Crippen LogP contribution in [0.1, 0.15) is 52.1 Å². The average Bonchev–Trinajstić information content (AvgIpc) is 2.68. The van der Waals surface area contributed by atoms with Crippen molar-refractivity contribution in [3.8, 4) is 0 Å². The quantitative estimate of drug-likeness (QED) is 0.882. The smallest absolute Gasteiger partial charge is 0.0976 e. The number of fused-ring (bicyclic) bond motifs is 1. The molecule has 1 fully saturated rings. The second-order valence-electron chi connectivity index (χ2n) is 7.22. The fourth-order valence-corrected chi connectivity index (χ4v) is 4.22. The van der Waals surface area contributed by atoms with E-state index in [1.54, 1.807) is 0 Å². The zero-order valence-electron chi connectivity index (χ0n) is 14.2. The molecule has 116 valence electrons. The van der Waals surface area contributed by atoms with Gasteiger partial charge >= 0.3 is 0 Å². The molecule has 1 spiro atoms. The summed E-state index contributed by atoms with van der Waals surface area (Å²) >= 11 is 0. The molecule has 4 heteroatoms. The Morgan fingerprint density at radius 3 is 2.67 bits per heavy atom. The SMILES string of the molecule is [2H][C@@]1(N[S@](=O)C(C)(C)C)c2ccccc2CC12CCNCC2. The van der Waals surface area contributed by atoms with Gasteiger partial charge in [0.2, 0.25) is 0 Å². The summed E-state index contributed by atoms with van der Waals surface area (Å²) in [5.41, 5.74) is 2.08. The van der Waals surface area contributed by atoms with E-state index in [2.05, 4.69) is 16.1 Å². The van der Waals surface area contributed by atoms with Crippen molar-refractivity contribution < 1.29 is 5.58 Å². The van der Waals surface area contributed by atoms with E-state index in [1.807, 2.05) is 39.0 Å². The molecule has 2 atom stereocenters. The zero-order valence-corrected chi connectivity index (χ0v) is 14.0. The first kappa shape index (κ1) is 13.9. The van der Waals surface area contributed by atoms with E-state index in [-0.39, 0.29) is 10.2 Å². The molecule has 1 aromatic rings. The molecule has 0 aromatic heterocycles. The van der Waals surface area contributed by atoms with Crippen LogP contribution in [0.2, 0.25) is 0 Å². The van der Waals surface area contributed by atoms with Crippen LogP contribution >= 0.6 is 0 Å². The van der Waals surface area contributed by atoms with Crippen LogP contribution in [0, 0.1) is 5.41 Å². The van der Waals surface area contributed by atoms with Gasteiger partial charge in [0.15, 0.2) is 0 Å². The van der Waals surface area contributed by atoms with Crippen LogP contribution in [0.4, 0.5) is 0 Å². The highest BCUT2D eigenvalue weighted by atomic mass is 32.2. The van der Waals surface area contributed by atoms with Gasteiger partial charge in [-0.2, -0.15) is 0 Å². The zero-order chi connectivity index (χ0) is 16.0. The third kappa shape index (κ3) is 2.81. The summed E-state index contributed by atoms with van der Waals surface area (Å²) in [6.45, 7) is 7.72. The first-order chi connectivity index (χ1) is 10.3. The second kappa shape index (κ2) is 5.49. The number of benzene rings is 1. The molecule has 2 aliphatic rings. The summed E-state index contributed by atoms with van der Waals surface area (Å²) in [6, 6.07) is 7.22. The lowest BCUT2D eigenvalue weighted by Gasteiger charge is -2.40. The first-order valence-electron chi connectivity index (χ1n) is 8.27. The Morgan fingerprint density at radius 2 is 2.00 bits per heavy atom. The van der Waals surface area contributed by atoms with E-state index in [1.165, 1.54) is 5.56 Å². The molecule has 3 nitrogen and oxygen atoms in total. The van der Waals surface area contributed by atoms with Gasteiger partial charge in [0.25, 0.3) is 0 Å². The second-order valence-corrected chi connectivity index (χ2v) is 9.19. The molecular formula is C17H26N2OS. The van der Waals surface area contributed by atoms with Gasteiger partial charge in [0.1, 0.15) is 0 Å². The lowest BCUT2D eigenvalue weighted by Crippen LogP contribution is -2.46. The molecule has 2 N–H and O–H groups in total. The van der Waals surface area contributed by atoms with Crippen LogP contribution in [-0.4, -0.2) is 22.0 Å². The molecule has 21 heavy (non-hydrogen) atoms. The molecule has 1 aliphatic carbocycles. The van der Waals surface area contributed by atoms with Crippen LogP contribution in [0.25, 0.3) is 0 Å². The van der Waals surface area contributed by atoms with Crippen molar-refractivity contribution >= 4 is 11.0 Å². The summed E-state index contributed by atoms with van der Waals surface area (Å²) in [7, 11) is -1.26. The van der Waals surface area contributed by atoms with Crippen LogP contribution in [0.5, 0.6) is 0 Å². The third-order valence-electron chi connectivity index (χ3n) is 4.66. The highest BCUT2D eigenvalue weighted by molar-refractivity contribution is 7.84. The molecule has 0 amide bonds. The highest BCUT2D eigenvalue weighted by Gasteiger charge is 2.47.